The van der Waals surface area contributed by atoms with Gasteiger partial charge in [0.15, 0.2) is 0 Å². The first-order valence-electron chi connectivity index (χ1n) is 19.9. The van der Waals surface area contributed by atoms with Crippen LogP contribution in [-0.4, -0.2) is 20.3 Å². The van der Waals surface area contributed by atoms with E-state index in [-0.39, 0.29) is 5.82 Å². The molecular formula is C44H55FN4S3. The molecule has 0 aliphatic carbocycles. The zero-order valence-electron chi connectivity index (χ0n) is 31.3. The molecule has 0 saturated carbocycles. The first-order valence-corrected chi connectivity index (χ1v) is 22.2. The highest BCUT2D eigenvalue weighted by atomic mass is 32.1. The second-order valence-corrected chi connectivity index (χ2v) is 17.1. The van der Waals surface area contributed by atoms with Gasteiger partial charge in [0.25, 0.3) is 0 Å². The second-order valence-electron chi connectivity index (χ2n) is 14.4. The Morgan fingerprint density at radius 2 is 1.31 bits per heavy atom. The van der Waals surface area contributed by atoms with E-state index < -0.39 is 0 Å². The molecule has 0 radical (unpaired) electrons. The van der Waals surface area contributed by atoms with E-state index in [2.05, 4.69) is 77.3 Å². The third-order valence-corrected chi connectivity index (χ3v) is 13.2. The van der Waals surface area contributed by atoms with Crippen molar-refractivity contribution < 1.29 is 4.39 Å². The van der Waals surface area contributed by atoms with E-state index in [1.165, 1.54) is 127 Å². The number of pyridine rings is 1. The van der Waals surface area contributed by atoms with E-state index in [1.54, 1.807) is 34.9 Å². The van der Waals surface area contributed by atoms with Gasteiger partial charge in [-0.15, -0.1) is 22.7 Å². The summed E-state index contributed by atoms with van der Waals surface area (Å²) in [6.45, 7) is 7.82. The van der Waals surface area contributed by atoms with E-state index in [4.69, 9.17) is 4.98 Å². The molecule has 4 aromatic heterocycles. The molecule has 8 heteroatoms. The van der Waals surface area contributed by atoms with Crippen molar-refractivity contribution in [3.05, 3.63) is 72.2 Å². The maximum atomic E-state index is 15.8. The smallest absolute Gasteiger partial charge is 0.132 e. The van der Waals surface area contributed by atoms with E-state index in [0.717, 1.165) is 52.5 Å². The van der Waals surface area contributed by atoms with Crippen molar-refractivity contribution >= 4 is 60.5 Å². The van der Waals surface area contributed by atoms with Crippen LogP contribution >= 0.6 is 34.4 Å². The molecule has 4 nitrogen and oxygen atoms in total. The summed E-state index contributed by atoms with van der Waals surface area (Å²) in [5, 5.41) is 3.55. The Bertz CT molecular complexity index is 1930. The van der Waals surface area contributed by atoms with Crippen LogP contribution in [0.1, 0.15) is 123 Å². The van der Waals surface area contributed by atoms with Crippen LogP contribution in [0.15, 0.2) is 60.8 Å². The van der Waals surface area contributed by atoms with Crippen LogP contribution in [0.4, 0.5) is 10.1 Å². The van der Waals surface area contributed by atoms with Crippen molar-refractivity contribution in [3.63, 3.8) is 0 Å². The van der Waals surface area contributed by atoms with Gasteiger partial charge >= 0.3 is 0 Å². The number of fused-ring (bicyclic) bond motifs is 2. The largest absolute Gasteiger partial charge is 0.385 e. The fraction of sp³-hybridized carbons (Fsp3) is 0.477. The highest BCUT2D eigenvalue weighted by Crippen LogP contribution is 2.43. The summed E-state index contributed by atoms with van der Waals surface area (Å²) < 4.78 is 27.6. The van der Waals surface area contributed by atoms with Crippen molar-refractivity contribution in [2.45, 2.75) is 124 Å². The number of hydrogen-bond donors (Lipinski definition) is 1. The van der Waals surface area contributed by atoms with Crippen LogP contribution in [0.5, 0.6) is 0 Å². The summed E-state index contributed by atoms with van der Waals surface area (Å²) >= 11 is 4.70. The number of aromatic nitrogens is 3. The third-order valence-electron chi connectivity index (χ3n) is 10.4. The van der Waals surface area contributed by atoms with Gasteiger partial charge in [0.1, 0.15) is 22.5 Å². The van der Waals surface area contributed by atoms with E-state index in [9.17, 15) is 0 Å². The Morgan fingerprint density at radius 1 is 0.654 bits per heavy atom. The van der Waals surface area contributed by atoms with Crippen molar-refractivity contribution in [1.29, 1.82) is 0 Å². The lowest BCUT2D eigenvalue weighted by Crippen LogP contribution is -2.04. The molecule has 0 aliphatic heterocycles. The van der Waals surface area contributed by atoms with Gasteiger partial charge in [-0.05, 0) is 66.6 Å². The topological polar surface area (TPSA) is 50.7 Å². The molecule has 0 fully saturated rings. The normalized spacial score (nSPS) is 11.8. The minimum atomic E-state index is -0.205. The molecule has 4 heterocycles. The van der Waals surface area contributed by atoms with Crippen LogP contribution in [0.2, 0.25) is 0 Å². The summed E-state index contributed by atoms with van der Waals surface area (Å²) in [6, 6.07) is 19.1. The highest BCUT2D eigenvalue weighted by Gasteiger charge is 2.20. The number of anilines is 1. The molecule has 0 saturated heterocycles. The lowest BCUT2D eigenvalue weighted by Gasteiger charge is -2.17. The molecule has 2 aromatic carbocycles. The molecular weight excluding hydrogens is 700 g/mol. The van der Waals surface area contributed by atoms with Gasteiger partial charge in [0.05, 0.1) is 16.6 Å². The lowest BCUT2D eigenvalue weighted by atomic mass is 9.89. The zero-order chi connectivity index (χ0) is 36.1. The Hall–Kier alpha value is -3.20. The Labute approximate surface area is 322 Å². The number of unbranched alkanes of at least 4 members (excludes halogenated alkanes) is 9. The summed E-state index contributed by atoms with van der Waals surface area (Å²) in [5.41, 5.74) is 7.03. The van der Waals surface area contributed by atoms with Gasteiger partial charge in [-0.25, -0.2) is 4.39 Å². The number of rotatable bonds is 22. The van der Waals surface area contributed by atoms with Crippen LogP contribution in [-0.2, 0) is 6.42 Å². The minimum absolute atomic E-state index is 0.205. The van der Waals surface area contributed by atoms with Gasteiger partial charge in [0, 0.05) is 43.8 Å². The van der Waals surface area contributed by atoms with Crippen molar-refractivity contribution in [3.8, 4) is 32.1 Å². The molecule has 276 valence electrons. The molecule has 0 aliphatic rings. The van der Waals surface area contributed by atoms with Crippen molar-refractivity contribution in [1.82, 2.24) is 13.7 Å². The zero-order valence-corrected chi connectivity index (χ0v) is 33.8. The molecule has 0 spiro atoms. The number of aryl methyl sites for hydroxylation is 1. The lowest BCUT2D eigenvalue weighted by molar-refractivity contribution is 0.383. The molecule has 6 aromatic rings. The van der Waals surface area contributed by atoms with Crippen LogP contribution < -0.4 is 5.32 Å². The van der Waals surface area contributed by atoms with Crippen LogP contribution in [0, 0.1) is 11.7 Å². The number of hydrogen-bond acceptors (Lipinski definition) is 7. The number of nitrogens with zero attached hydrogens (tertiary/aromatic N) is 3. The van der Waals surface area contributed by atoms with Gasteiger partial charge in [-0.1, -0.05) is 129 Å². The van der Waals surface area contributed by atoms with Gasteiger partial charge in [-0.3, -0.25) is 4.98 Å². The van der Waals surface area contributed by atoms with Crippen LogP contribution in [0.3, 0.4) is 0 Å². The fourth-order valence-corrected chi connectivity index (χ4v) is 10.2. The predicted octanol–water partition coefficient (Wildman–Crippen LogP) is 15.0. The first kappa shape index (κ1) is 38.5. The molecule has 1 N–H and O–H groups in total. The molecule has 6 rings (SSSR count). The first-order chi connectivity index (χ1) is 25.6. The molecule has 0 unspecified atom stereocenters. The summed E-state index contributed by atoms with van der Waals surface area (Å²) in [7, 11) is 0. The molecule has 0 amide bonds. The summed E-state index contributed by atoms with van der Waals surface area (Å²) in [5.74, 6) is 0.524. The maximum Gasteiger partial charge on any atom is 0.132 e. The highest BCUT2D eigenvalue weighted by molar-refractivity contribution is 7.31. The monoisotopic (exact) mass is 754 g/mol. The van der Waals surface area contributed by atoms with Gasteiger partial charge in [-0.2, -0.15) is 8.75 Å². The Morgan fingerprint density at radius 3 is 2.00 bits per heavy atom. The van der Waals surface area contributed by atoms with Crippen molar-refractivity contribution in [2.24, 2.45) is 5.92 Å². The number of nitrogens with one attached hydrogen (secondary N) is 1. The quantitative estimate of drug-likeness (QED) is 0.0701. The minimum Gasteiger partial charge on any atom is -0.385 e. The average molecular weight is 755 g/mol. The van der Waals surface area contributed by atoms with E-state index >= 15 is 4.39 Å². The van der Waals surface area contributed by atoms with Crippen LogP contribution in [0.25, 0.3) is 52.6 Å². The third kappa shape index (κ3) is 10.1. The molecule has 0 bridgehead atoms. The second kappa shape index (κ2) is 19.8. The predicted molar refractivity (Wildman–Crippen MR) is 227 cm³/mol. The Kier molecular flexibility index (Phi) is 14.6. The van der Waals surface area contributed by atoms with Gasteiger partial charge in [0.2, 0.25) is 0 Å². The number of thiophene rings is 2. The summed E-state index contributed by atoms with van der Waals surface area (Å²) in [4.78, 5) is 7.21. The van der Waals surface area contributed by atoms with Crippen molar-refractivity contribution in [2.75, 3.05) is 11.9 Å². The maximum absolute atomic E-state index is 15.8. The molecule has 0 atom stereocenters. The van der Waals surface area contributed by atoms with E-state index in [1.807, 2.05) is 6.07 Å². The Balaban J connectivity index is 1.12. The number of halogens is 1. The number of benzene rings is 2. The van der Waals surface area contributed by atoms with E-state index in [0.29, 0.717) is 11.1 Å². The standard InChI is InChI=1S/C44H55FN4S3/c1-4-7-10-13-16-31(17-14-11-8-5-2)18-19-32-20-25-35(37(45)27-32)36-30-47-43(44-42(36)48-52-49-44)41-29-40-39(51-41)28-38(50-40)33-21-23-34(24-22-33)46-26-15-12-9-6-3/h20-25,27-31,46H,4-19,26H2,1-3H3. The SMILES string of the molecule is CCCCCCNc1ccc(-c2cc3sc(-c4ncc(-c5ccc(CCC(CCCCCC)CCCCCC)cc5F)c5nsnc45)cc3s2)cc1. The molecule has 52 heavy (non-hydrogen) atoms. The average Bonchev–Trinajstić information content (AvgIpc) is 3.90. The van der Waals surface area contributed by atoms with Gasteiger partial charge < -0.3 is 5.32 Å². The fourth-order valence-electron chi connectivity index (χ4n) is 7.24. The summed E-state index contributed by atoms with van der Waals surface area (Å²) in [6.07, 6.45) is 22.0.